The van der Waals surface area contributed by atoms with Crippen molar-refractivity contribution in [3.05, 3.63) is 41.0 Å². The van der Waals surface area contributed by atoms with Gasteiger partial charge in [0.15, 0.2) is 0 Å². The van der Waals surface area contributed by atoms with Crippen LogP contribution >= 0.6 is 0 Å². The molecular weight excluding hydrogens is 312 g/mol. The maximum atomic E-state index is 6.43. The molecule has 1 unspecified atom stereocenters. The number of hydrazine groups is 1. The van der Waals surface area contributed by atoms with Gasteiger partial charge in [-0.25, -0.2) is 0 Å². The van der Waals surface area contributed by atoms with Crippen LogP contribution in [-0.2, 0) is 6.42 Å². The van der Waals surface area contributed by atoms with Crippen molar-refractivity contribution in [3.63, 3.8) is 0 Å². The average Bonchev–Trinajstić information content (AvgIpc) is 2.66. The highest BCUT2D eigenvalue weighted by Gasteiger charge is 2.25. The topological polar surface area (TPSA) is 92.2 Å². The monoisotopic (exact) mass is 344 g/mol. The largest absolute Gasteiger partial charge is 0.400 e. The van der Waals surface area contributed by atoms with E-state index in [4.69, 9.17) is 11.6 Å². The van der Waals surface area contributed by atoms with Crippen LogP contribution in [0.25, 0.3) is 0 Å². The summed E-state index contributed by atoms with van der Waals surface area (Å²) in [5, 5.41) is 3.41. The molecule has 0 amide bonds. The normalized spacial score (nSPS) is 22.4. The van der Waals surface area contributed by atoms with Crippen LogP contribution in [0.4, 0.5) is 0 Å². The first kappa shape index (κ1) is 18.2. The summed E-state index contributed by atoms with van der Waals surface area (Å²) in [4.78, 5) is 6.96. The molecule has 1 saturated heterocycles. The third-order valence-electron chi connectivity index (χ3n) is 5.63. The van der Waals surface area contributed by atoms with E-state index in [1.165, 1.54) is 30.5 Å². The van der Waals surface area contributed by atoms with E-state index in [0.29, 0.717) is 18.5 Å². The summed E-state index contributed by atoms with van der Waals surface area (Å²) >= 11 is 0. The minimum Gasteiger partial charge on any atom is -0.400 e. The highest BCUT2D eigenvalue weighted by molar-refractivity contribution is 5.26. The molecule has 1 aliphatic heterocycles. The van der Waals surface area contributed by atoms with E-state index in [9.17, 15) is 0 Å². The predicted molar refractivity (Wildman–Crippen MR) is 101 cm³/mol. The average molecular weight is 345 g/mol. The summed E-state index contributed by atoms with van der Waals surface area (Å²) in [7, 11) is 2.14. The number of nitrogens with one attached hydrogen (secondary N) is 2. The Hall–Kier alpha value is -1.63. The number of nitrogens with zero attached hydrogens (tertiary/aromatic N) is 2. The summed E-state index contributed by atoms with van der Waals surface area (Å²) in [6, 6.07) is 4.57. The molecule has 0 radical (unpaired) electrons. The summed E-state index contributed by atoms with van der Waals surface area (Å²) in [6.45, 7) is 2.89. The molecule has 0 spiro atoms. The number of hydrogen-bond donors (Lipinski definition) is 4. The van der Waals surface area contributed by atoms with E-state index in [1.54, 1.807) is 0 Å². The van der Waals surface area contributed by atoms with Gasteiger partial charge in [0.1, 0.15) is 0 Å². The molecule has 2 heterocycles. The fourth-order valence-electron chi connectivity index (χ4n) is 4.15. The second kappa shape index (κ2) is 8.65. The van der Waals surface area contributed by atoms with Crippen molar-refractivity contribution in [1.82, 2.24) is 20.6 Å². The highest BCUT2D eigenvalue weighted by Crippen LogP contribution is 2.32. The van der Waals surface area contributed by atoms with E-state index in [0.717, 1.165) is 43.7 Å². The molecule has 1 aromatic heterocycles. The smallest absolute Gasteiger partial charge is 0.0607 e. The maximum Gasteiger partial charge on any atom is 0.0607 e. The molecule has 6 N–H and O–H groups in total. The van der Waals surface area contributed by atoms with Crippen molar-refractivity contribution in [2.75, 3.05) is 26.7 Å². The lowest BCUT2D eigenvalue weighted by Gasteiger charge is -2.33. The number of rotatable bonds is 6. The highest BCUT2D eigenvalue weighted by atomic mass is 15.2. The zero-order valence-electron chi connectivity index (χ0n) is 15.3. The Balaban J connectivity index is 1.67. The van der Waals surface area contributed by atoms with Crippen LogP contribution in [0.15, 0.2) is 29.7 Å². The zero-order valence-corrected chi connectivity index (χ0v) is 15.3. The Labute approximate surface area is 151 Å². The van der Waals surface area contributed by atoms with Crippen LogP contribution in [0.5, 0.6) is 0 Å². The molecule has 25 heavy (non-hydrogen) atoms. The first-order chi connectivity index (χ1) is 12.2. The lowest BCUT2D eigenvalue weighted by molar-refractivity contribution is 0.231. The molecule has 6 nitrogen and oxygen atoms in total. The van der Waals surface area contributed by atoms with Crippen LogP contribution in [0.1, 0.15) is 49.4 Å². The van der Waals surface area contributed by atoms with Gasteiger partial charge in [0, 0.05) is 24.1 Å². The Bertz CT molecular complexity index is 593. The molecule has 1 aromatic rings. The molecule has 0 bridgehead atoms. The van der Waals surface area contributed by atoms with Crippen LogP contribution in [-0.4, -0.2) is 36.6 Å². The van der Waals surface area contributed by atoms with Gasteiger partial charge in [0.2, 0.25) is 0 Å². The number of hydrogen-bond acceptors (Lipinski definition) is 6. The van der Waals surface area contributed by atoms with Gasteiger partial charge in [-0.05, 0) is 76.2 Å². The van der Waals surface area contributed by atoms with E-state index in [2.05, 4.69) is 33.7 Å². The number of likely N-dealkylation sites (N-methyl/N-ethyl adjacent to an activating group) is 1. The number of aryl methyl sites for hydroxylation is 1. The van der Waals surface area contributed by atoms with Gasteiger partial charge in [-0.15, -0.1) is 0 Å². The Kier molecular flexibility index (Phi) is 6.29. The summed E-state index contributed by atoms with van der Waals surface area (Å²) in [6.07, 6.45) is 8.68. The standard InChI is InChI=1S/C19H32N6/c1-25(18-6-2-4-15-5-3-9-23-19(15)18)13-16(20)17(24-21)12-14-7-10-22-11-8-14/h3,5,9,14,18,22,24H,2,4,6-8,10-13,20-21H2,1H3/b17-16-. The van der Waals surface area contributed by atoms with Gasteiger partial charge in [-0.1, -0.05) is 6.07 Å². The molecule has 6 heteroatoms. The van der Waals surface area contributed by atoms with Crippen molar-refractivity contribution in [2.24, 2.45) is 17.5 Å². The van der Waals surface area contributed by atoms with Crippen molar-refractivity contribution < 1.29 is 0 Å². The van der Waals surface area contributed by atoms with Crippen molar-refractivity contribution in [3.8, 4) is 0 Å². The van der Waals surface area contributed by atoms with Crippen molar-refractivity contribution in [2.45, 2.75) is 44.6 Å². The van der Waals surface area contributed by atoms with Crippen molar-refractivity contribution >= 4 is 0 Å². The number of aromatic nitrogens is 1. The second-order valence-corrected chi connectivity index (χ2v) is 7.42. The van der Waals surface area contributed by atoms with Crippen LogP contribution in [0.3, 0.4) is 0 Å². The number of nitrogens with two attached hydrogens (primary N) is 2. The molecule has 3 rings (SSSR count). The molecule has 138 valence electrons. The maximum absolute atomic E-state index is 6.43. The van der Waals surface area contributed by atoms with Crippen molar-refractivity contribution in [1.29, 1.82) is 0 Å². The third-order valence-corrected chi connectivity index (χ3v) is 5.63. The summed E-state index contributed by atoms with van der Waals surface area (Å²) in [5.74, 6) is 6.45. The number of pyridine rings is 1. The summed E-state index contributed by atoms with van der Waals surface area (Å²) in [5.41, 5.74) is 13.7. The van der Waals surface area contributed by atoms with E-state index < -0.39 is 0 Å². The van der Waals surface area contributed by atoms with Gasteiger partial charge in [0.25, 0.3) is 0 Å². The van der Waals surface area contributed by atoms with Gasteiger partial charge in [0.05, 0.1) is 11.7 Å². The van der Waals surface area contributed by atoms with Gasteiger partial charge >= 0.3 is 0 Å². The third kappa shape index (κ3) is 4.51. The number of fused-ring (bicyclic) bond motifs is 1. The molecule has 1 atom stereocenters. The fraction of sp³-hybridized carbons (Fsp3) is 0.632. The zero-order chi connectivity index (χ0) is 17.6. The fourth-order valence-corrected chi connectivity index (χ4v) is 4.15. The van der Waals surface area contributed by atoms with Crippen LogP contribution in [0, 0.1) is 5.92 Å². The van der Waals surface area contributed by atoms with Crippen LogP contribution in [0.2, 0.25) is 0 Å². The minimum absolute atomic E-state index is 0.335. The minimum atomic E-state index is 0.335. The van der Waals surface area contributed by atoms with Crippen LogP contribution < -0.4 is 22.3 Å². The van der Waals surface area contributed by atoms with E-state index in [-0.39, 0.29) is 0 Å². The first-order valence-corrected chi connectivity index (χ1v) is 9.48. The summed E-state index contributed by atoms with van der Waals surface area (Å²) < 4.78 is 0. The molecule has 1 aliphatic carbocycles. The van der Waals surface area contributed by atoms with Gasteiger partial charge < -0.3 is 16.5 Å². The Morgan fingerprint density at radius 2 is 2.16 bits per heavy atom. The predicted octanol–water partition coefficient (Wildman–Crippen LogP) is 1.41. The quantitative estimate of drug-likeness (QED) is 0.461. The SMILES string of the molecule is CN(C/C(N)=C(\CC1CCNCC1)NN)C1CCCc2cccnc21. The molecule has 1 fully saturated rings. The molecular formula is C19H32N6. The van der Waals surface area contributed by atoms with E-state index in [1.807, 2.05) is 12.3 Å². The second-order valence-electron chi connectivity index (χ2n) is 7.42. The van der Waals surface area contributed by atoms with Gasteiger partial charge in [-0.3, -0.25) is 15.7 Å². The lowest BCUT2D eigenvalue weighted by Crippen LogP contribution is -2.36. The first-order valence-electron chi connectivity index (χ1n) is 9.48. The Morgan fingerprint density at radius 3 is 2.92 bits per heavy atom. The molecule has 2 aliphatic rings. The number of piperidine rings is 1. The van der Waals surface area contributed by atoms with E-state index >= 15 is 0 Å². The molecule has 0 aromatic carbocycles. The van der Waals surface area contributed by atoms with Gasteiger partial charge in [-0.2, -0.15) is 0 Å². The molecule has 0 saturated carbocycles. The Morgan fingerprint density at radius 1 is 1.36 bits per heavy atom. The number of allylic oxidation sites excluding steroid dienone is 1. The lowest BCUT2D eigenvalue weighted by atomic mass is 9.90.